The van der Waals surface area contributed by atoms with Crippen LogP contribution in [0, 0.1) is 5.92 Å². The van der Waals surface area contributed by atoms with Gasteiger partial charge < -0.3 is 14.6 Å². The minimum atomic E-state index is -0.594. The number of halogens is 1. The van der Waals surface area contributed by atoms with E-state index < -0.39 is 6.04 Å². The van der Waals surface area contributed by atoms with E-state index in [2.05, 4.69) is 5.32 Å². The highest BCUT2D eigenvalue weighted by Gasteiger charge is 2.25. The van der Waals surface area contributed by atoms with Crippen molar-refractivity contribution in [1.29, 1.82) is 0 Å². The van der Waals surface area contributed by atoms with Gasteiger partial charge in [-0.2, -0.15) is 0 Å². The molecule has 1 aromatic heterocycles. The van der Waals surface area contributed by atoms with Gasteiger partial charge in [-0.1, -0.05) is 25.4 Å². The van der Waals surface area contributed by atoms with Crippen molar-refractivity contribution in [1.82, 2.24) is 10.2 Å². The van der Waals surface area contributed by atoms with Crippen molar-refractivity contribution >= 4 is 23.4 Å². The quantitative estimate of drug-likeness (QED) is 0.816. The van der Waals surface area contributed by atoms with E-state index in [0.717, 1.165) is 0 Å². The van der Waals surface area contributed by atoms with Crippen LogP contribution in [0.4, 0.5) is 0 Å². The fraction of sp³-hybridized carbons (Fsp3) is 0.368. The van der Waals surface area contributed by atoms with Gasteiger partial charge in [-0.15, -0.1) is 0 Å². The van der Waals surface area contributed by atoms with E-state index >= 15 is 0 Å². The first kappa shape index (κ1) is 19.1. The monoisotopic (exact) mass is 362 g/mol. The van der Waals surface area contributed by atoms with Crippen LogP contribution in [0.5, 0.6) is 0 Å². The first-order chi connectivity index (χ1) is 11.9. The van der Waals surface area contributed by atoms with Gasteiger partial charge in [0.05, 0.1) is 12.8 Å². The third kappa shape index (κ3) is 5.64. The molecule has 5 nitrogen and oxygen atoms in total. The lowest BCUT2D eigenvalue weighted by atomic mass is 10.0. The Labute approximate surface area is 153 Å². The molecule has 2 amide bonds. The van der Waals surface area contributed by atoms with E-state index in [0.29, 0.717) is 29.3 Å². The number of amides is 2. The molecular formula is C19H23ClN2O3. The Morgan fingerprint density at radius 1 is 1.20 bits per heavy atom. The lowest BCUT2D eigenvalue weighted by Crippen LogP contribution is -2.47. The molecule has 0 saturated heterocycles. The molecule has 0 aliphatic carbocycles. The van der Waals surface area contributed by atoms with Crippen LogP contribution in [0.1, 0.15) is 36.4 Å². The van der Waals surface area contributed by atoms with E-state index in [1.165, 1.54) is 0 Å². The topological polar surface area (TPSA) is 62.6 Å². The maximum atomic E-state index is 12.8. The summed E-state index contributed by atoms with van der Waals surface area (Å²) in [6.45, 7) is 4.39. The molecule has 1 heterocycles. The second-order valence-corrected chi connectivity index (χ2v) is 6.87. The molecule has 1 atom stereocenters. The number of rotatable bonds is 7. The fourth-order valence-electron chi connectivity index (χ4n) is 2.52. The predicted molar refractivity (Wildman–Crippen MR) is 97.3 cm³/mol. The van der Waals surface area contributed by atoms with Crippen LogP contribution in [-0.2, 0) is 11.3 Å². The van der Waals surface area contributed by atoms with E-state index in [1.807, 2.05) is 19.9 Å². The summed E-state index contributed by atoms with van der Waals surface area (Å²) in [4.78, 5) is 26.8. The summed E-state index contributed by atoms with van der Waals surface area (Å²) in [5.41, 5.74) is 0.472. The molecule has 134 valence electrons. The standard InChI is InChI=1S/C19H23ClN2O3/c1-13(2)11-17(19(24)22(3)12-16-5-4-10-25-16)21-18(23)14-6-8-15(20)9-7-14/h4-10,13,17H,11-12H2,1-3H3,(H,21,23). The molecule has 0 aliphatic rings. The molecule has 0 spiro atoms. The van der Waals surface area contributed by atoms with Gasteiger partial charge in [-0.25, -0.2) is 0 Å². The first-order valence-electron chi connectivity index (χ1n) is 8.20. The van der Waals surface area contributed by atoms with E-state index in [-0.39, 0.29) is 17.7 Å². The molecule has 2 aromatic rings. The Morgan fingerprint density at radius 2 is 1.88 bits per heavy atom. The maximum absolute atomic E-state index is 12.8. The zero-order valence-electron chi connectivity index (χ0n) is 14.7. The Kier molecular flexibility index (Phi) is 6.65. The van der Waals surface area contributed by atoms with Crippen molar-refractivity contribution in [3.63, 3.8) is 0 Å². The van der Waals surface area contributed by atoms with Gasteiger partial charge >= 0.3 is 0 Å². The predicted octanol–water partition coefficient (Wildman–Crippen LogP) is 3.74. The smallest absolute Gasteiger partial charge is 0.251 e. The number of nitrogens with zero attached hydrogens (tertiary/aromatic N) is 1. The number of furan rings is 1. The maximum Gasteiger partial charge on any atom is 0.251 e. The van der Waals surface area contributed by atoms with Gasteiger partial charge in [-0.3, -0.25) is 9.59 Å². The van der Waals surface area contributed by atoms with Crippen LogP contribution in [0.3, 0.4) is 0 Å². The molecule has 0 aliphatic heterocycles. The summed E-state index contributed by atoms with van der Waals surface area (Å²) in [5.74, 6) is 0.522. The molecular weight excluding hydrogens is 340 g/mol. The van der Waals surface area contributed by atoms with Crippen molar-refractivity contribution in [3.8, 4) is 0 Å². The van der Waals surface area contributed by atoms with Crippen LogP contribution in [0.25, 0.3) is 0 Å². The highest BCUT2D eigenvalue weighted by Crippen LogP contribution is 2.13. The molecule has 1 N–H and O–H groups in total. The van der Waals surface area contributed by atoms with Gasteiger partial charge in [0, 0.05) is 17.6 Å². The van der Waals surface area contributed by atoms with Crippen LogP contribution in [-0.4, -0.2) is 29.8 Å². The summed E-state index contributed by atoms with van der Waals surface area (Å²) in [5, 5.41) is 3.40. The van der Waals surface area contributed by atoms with Crippen molar-refractivity contribution in [2.24, 2.45) is 5.92 Å². The highest BCUT2D eigenvalue weighted by molar-refractivity contribution is 6.30. The summed E-state index contributed by atoms with van der Waals surface area (Å²) < 4.78 is 5.28. The van der Waals surface area contributed by atoms with Crippen molar-refractivity contribution in [2.45, 2.75) is 32.9 Å². The number of carbonyl (C=O) groups excluding carboxylic acids is 2. The van der Waals surface area contributed by atoms with E-state index in [1.54, 1.807) is 48.5 Å². The Hall–Kier alpha value is -2.27. The second-order valence-electron chi connectivity index (χ2n) is 6.44. The summed E-state index contributed by atoms with van der Waals surface area (Å²) in [7, 11) is 1.70. The summed E-state index contributed by atoms with van der Waals surface area (Å²) >= 11 is 5.85. The largest absolute Gasteiger partial charge is 0.467 e. The minimum absolute atomic E-state index is 0.146. The molecule has 25 heavy (non-hydrogen) atoms. The van der Waals surface area contributed by atoms with Gasteiger partial charge in [0.15, 0.2) is 0 Å². The van der Waals surface area contributed by atoms with Gasteiger partial charge in [0.1, 0.15) is 11.8 Å². The average molecular weight is 363 g/mol. The Morgan fingerprint density at radius 3 is 2.44 bits per heavy atom. The second kappa shape index (κ2) is 8.72. The lowest BCUT2D eigenvalue weighted by Gasteiger charge is -2.25. The van der Waals surface area contributed by atoms with Crippen molar-refractivity contribution in [2.75, 3.05) is 7.05 Å². The molecule has 0 fully saturated rings. The Bertz CT molecular complexity index is 696. The number of likely N-dealkylation sites (N-methyl/N-ethyl adjacent to an activating group) is 1. The molecule has 2 rings (SSSR count). The molecule has 1 aromatic carbocycles. The highest BCUT2D eigenvalue weighted by atomic mass is 35.5. The summed E-state index contributed by atoms with van der Waals surface area (Å²) in [6.07, 6.45) is 2.13. The summed E-state index contributed by atoms with van der Waals surface area (Å²) in [6, 6.07) is 9.58. The Balaban J connectivity index is 2.07. The minimum Gasteiger partial charge on any atom is -0.467 e. The van der Waals surface area contributed by atoms with Crippen LogP contribution >= 0.6 is 11.6 Å². The van der Waals surface area contributed by atoms with E-state index in [9.17, 15) is 9.59 Å². The molecule has 0 bridgehead atoms. The van der Waals surface area contributed by atoms with Gasteiger partial charge in [-0.05, 0) is 48.7 Å². The van der Waals surface area contributed by atoms with Crippen LogP contribution in [0.2, 0.25) is 5.02 Å². The number of hydrogen-bond acceptors (Lipinski definition) is 3. The van der Waals surface area contributed by atoms with Gasteiger partial charge in [0.2, 0.25) is 5.91 Å². The molecule has 0 radical (unpaired) electrons. The lowest BCUT2D eigenvalue weighted by molar-refractivity contribution is -0.133. The SMILES string of the molecule is CC(C)CC(NC(=O)c1ccc(Cl)cc1)C(=O)N(C)Cc1ccco1. The zero-order chi connectivity index (χ0) is 18.4. The normalized spacial score (nSPS) is 12.0. The first-order valence-corrected chi connectivity index (χ1v) is 8.58. The average Bonchev–Trinajstić information content (AvgIpc) is 3.06. The number of nitrogens with one attached hydrogen (secondary N) is 1. The van der Waals surface area contributed by atoms with Crippen LogP contribution < -0.4 is 5.32 Å². The number of hydrogen-bond donors (Lipinski definition) is 1. The van der Waals surface area contributed by atoms with Crippen LogP contribution in [0.15, 0.2) is 47.1 Å². The van der Waals surface area contributed by atoms with Crippen molar-refractivity contribution < 1.29 is 14.0 Å². The molecule has 1 unspecified atom stereocenters. The van der Waals surface area contributed by atoms with Gasteiger partial charge in [0.25, 0.3) is 5.91 Å². The fourth-order valence-corrected chi connectivity index (χ4v) is 2.64. The third-order valence-electron chi connectivity index (χ3n) is 3.77. The zero-order valence-corrected chi connectivity index (χ0v) is 15.4. The number of benzene rings is 1. The molecule has 0 saturated carbocycles. The van der Waals surface area contributed by atoms with Crippen molar-refractivity contribution in [3.05, 3.63) is 59.0 Å². The third-order valence-corrected chi connectivity index (χ3v) is 4.02. The molecule has 6 heteroatoms. The van der Waals surface area contributed by atoms with E-state index in [4.69, 9.17) is 16.0 Å². The number of carbonyl (C=O) groups is 2.